The fraction of sp³-hybridized carbons (Fsp3) is 0.200. The number of benzene rings is 1. The SMILES string of the molecule is Cc1cc2ncc(N[C@@H](C)c3cccc([N+](=O)[O-])c3)nc2o1. The number of nitro groups is 1. The second-order valence-electron chi connectivity index (χ2n) is 5.02. The molecule has 7 nitrogen and oxygen atoms in total. The molecule has 0 fully saturated rings. The van der Waals surface area contributed by atoms with Gasteiger partial charge in [-0.25, -0.2) is 4.98 Å². The van der Waals surface area contributed by atoms with Crippen molar-refractivity contribution in [3.8, 4) is 0 Å². The lowest BCUT2D eigenvalue weighted by Crippen LogP contribution is -2.08. The Morgan fingerprint density at radius 2 is 2.18 bits per heavy atom. The van der Waals surface area contributed by atoms with Gasteiger partial charge >= 0.3 is 0 Å². The van der Waals surface area contributed by atoms with Crippen molar-refractivity contribution in [2.24, 2.45) is 0 Å². The number of furan rings is 1. The fourth-order valence-corrected chi connectivity index (χ4v) is 2.21. The van der Waals surface area contributed by atoms with E-state index in [0.29, 0.717) is 17.0 Å². The lowest BCUT2D eigenvalue weighted by molar-refractivity contribution is -0.384. The third-order valence-electron chi connectivity index (χ3n) is 3.31. The van der Waals surface area contributed by atoms with Crippen molar-refractivity contribution in [3.05, 3.63) is 58.0 Å². The molecule has 2 aromatic heterocycles. The predicted molar refractivity (Wildman–Crippen MR) is 81.7 cm³/mol. The molecule has 1 aromatic carbocycles. The van der Waals surface area contributed by atoms with Crippen LogP contribution in [0.3, 0.4) is 0 Å². The molecule has 0 amide bonds. The first-order chi connectivity index (χ1) is 10.5. The summed E-state index contributed by atoms with van der Waals surface area (Å²) in [5.41, 5.74) is 2.03. The molecule has 0 saturated carbocycles. The minimum Gasteiger partial charge on any atom is -0.442 e. The lowest BCUT2D eigenvalue weighted by atomic mass is 10.1. The van der Waals surface area contributed by atoms with Crippen LogP contribution in [-0.4, -0.2) is 14.9 Å². The summed E-state index contributed by atoms with van der Waals surface area (Å²) in [5.74, 6) is 1.31. The number of nitrogens with zero attached hydrogens (tertiary/aromatic N) is 3. The van der Waals surface area contributed by atoms with E-state index in [2.05, 4.69) is 15.3 Å². The molecule has 22 heavy (non-hydrogen) atoms. The van der Waals surface area contributed by atoms with Gasteiger partial charge in [0.05, 0.1) is 17.2 Å². The van der Waals surface area contributed by atoms with E-state index >= 15 is 0 Å². The molecule has 0 aliphatic carbocycles. The van der Waals surface area contributed by atoms with Crippen molar-refractivity contribution in [2.75, 3.05) is 5.32 Å². The second kappa shape index (κ2) is 5.44. The van der Waals surface area contributed by atoms with Gasteiger partial charge in [-0.2, -0.15) is 4.98 Å². The van der Waals surface area contributed by atoms with Crippen molar-refractivity contribution < 1.29 is 9.34 Å². The number of anilines is 1. The van der Waals surface area contributed by atoms with Crippen LogP contribution in [0.4, 0.5) is 11.5 Å². The van der Waals surface area contributed by atoms with Crippen LogP contribution in [0.1, 0.15) is 24.3 Å². The van der Waals surface area contributed by atoms with Crippen LogP contribution in [0.5, 0.6) is 0 Å². The molecular formula is C15H14N4O3. The number of nitrogens with one attached hydrogen (secondary N) is 1. The van der Waals surface area contributed by atoms with Crippen molar-refractivity contribution in [2.45, 2.75) is 19.9 Å². The molecule has 0 saturated heterocycles. The van der Waals surface area contributed by atoms with E-state index in [1.54, 1.807) is 18.3 Å². The van der Waals surface area contributed by atoms with Crippen LogP contribution in [0.25, 0.3) is 11.2 Å². The van der Waals surface area contributed by atoms with Gasteiger partial charge in [0.1, 0.15) is 17.1 Å². The number of aromatic nitrogens is 2. The average Bonchev–Trinajstić information content (AvgIpc) is 2.86. The molecule has 3 rings (SSSR count). The number of nitro benzene ring substituents is 1. The maximum absolute atomic E-state index is 10.8. The van der Waals surface area contributed by atoms with E-state index in [1.165, 1.54) is 6.07 Å². The van der Waals surface area contributed by atoms with Crippen molar-refractivity contribution in [3.63, 3.8) is 0 Å². The summed E-state index contributed by atoms with van der Waals surface area (Å²) < 4.78 is 5.44. The zero-order valence-electron chi connectivity index (χ0n) is 12.1. The number of hydrogen-bond donors (Lipinski definition) is 1. The standard InChI is InChI=1S/C15H14N4O3/c1-9-6-13-15(22-9)18-14(8-16-13)17-10(2)11-4-3-5-12(7-11)19(20)21/h3-8,10H,1-2H3,(H,17,18)/t10-/m0/s1. The van der Waals surface area contributed by atoms with Gasteiger partial charge in [-0.1, -0.05) is 12.1 Å². The first-order valence-corrected chi connectivity index (χ1v) is 6.77. The van der Waals surface area contributed by atoms with Gasteiger partial charge in [0.15, 0.2) is 0 Å². The third-order valence-corrected chi connectivity index (χ3v) is 3.31. The zero-order chi connectivity index (χ0) is 15.7. The molecule has 0 bridgehead atoms. The molecule has 3 aromatic rings. The minimum absolute atomic E-state index is 0.0642. The van der Waals surface area contributed by atoms with Crippen molar-refractivity contribution in [1.29, 1.82) is 0 Å². The summed E-state index contributed by atoms with van der Waals surface area (Å²) in [7, 11) is 0. The van der Waals surface area contributed by atoms with Crippen molar-refractivity contribution >= 4 is 22.7 Å². The number of non-ortho nitro benzene ring substituents is 1. The molecule has 1 atom stereocenters. The highest BCUT2D eigenvalue weighted by molar-refractivity contribution is 5.70. The van der Waals surface area contributed by atoms with Crippen LogP contribution in [0.2, 0.25) is 0 Å². The molecule has 0 aliphatic heterocycles. The van der Waals surface area contributed by atoms with Gasteiger partial charge in [-0.3, -0.25) is 10.1 Å². The van der Waals surface area contributed by atoms with Gasteiger partial charge in [-0.15, -0.1) is 0 Å². The van der Waals surface area contributed by atoms with Crippen LogP contribution in [-0.2, 0) is 0 Å². The maximum atomic E-state index is 10.8. The molecule has 7 heteroatoms. The van der Waals surface area contributed by atoms with Gasteiger partial charge in [0.2, 0.25) is 5.71 Å². The van der Waals surface area contributed by atoms with E-state index < -0.39 is 4.92 Å². The van der Waals surface area contributed by atoms with Gasteiger partial charge in [0, 0.05) is 18.2 Å². The van der Waals surface area contributed by atoms with E-state index in [0.717, 1.165) is 11.3 Å². The Morgan fingerprint density at radius 3 is 2.95 bits per heavy atom. The Kier molecular flexibility index (Phi) is 3.46. The first-order valence-electron chi connectivity index (χ1n) is 6.77. The minimum atomic E-state index is -0.409. The van der Waals surface area contributed by atoms with Crippen LogP contribution < -0.4 is 5.32 Å². The third kappa shape index (κ3) is 2.73. The Labute approximate surface area is 126 Å². The Hall–Kier alpha value is -2.96. The highest BCUT2D eigenvalue weighted by Crippen LogP contribution is 2.23. The van der Waals surface area contributed by atoms with Gasteiger partial charge in [-0.05, 0) is 19.4 Å². The van der Waals surface area contributed by atoms with Crippen LogP contribution >= 0.6 is 0 Å². The summed E-state index contributed by atoms with van der Waals surface area (Å²) in [4.78, 5) is 19.0. The van der Waals surface area contributed by atoms with E-state index in [9.17, 15) is 10.1 Å². The zero-order valence-corrected chi connectivity index (χ0v) is 12.1. The smallest absolute Gasteiger partial charge is 0.269 e. The highest BCUT2D eigenvalue weighted by atomic mass is 16.6. The number of rotatable bonds is 4. The second-order valence-corrected chi connectivity index (χ2v) is 5.02. The summed E-state index contributed by atoms with van der Waals surface area (Å²) in [5, 5.41) is 14.0. The average molecular weight is 298 g/mol. The Bertz CT molecular complexity index is 844. The van der Waals surface area contributed by atoms with E-state index in [4.69, 9.17) is 4.42 Å². The highest BCUT2D eigenvalue weighted by Gasteiger charge is 2.12. The molecule has 0 aliphatic rings. The number of hydrogen-bond acceptors (Lipinski definition) is 6. The normalized spacial score (nSPS) is 12.3. The summed E-state index contributed by atoms with van der Waals surface area (Å²) in [6, 6.07) is 8.16. The molecule has 1 N–H and O–H groups in total. The van der Waals surface area contributed by atoms with Crippen LogP contribution in [0, 0.1) is 17.0 Å². The van der Waals surface area contributed by atoms with Crippen molar-refractivity contribution in [1.82, 2.24) is 9.97 Å². The quantitative estimate of drug-likeness (QED) is 0.584. The Morgan fingerprint density at radius 1 is 1.36 bits per heavy atom. The molecular weight excluding hydrogens is 284 g/mol. The number of fused-ring (bicyclic) bond motifs is 1. The first kappa shape index (κ1) is 14.0. The lowest BCUT2D eigenvalue weighted by Gasteiger charge is -2.14. The summed E-state index contributed by atoms with van der Waals surface area (Å²) >= 11 is 0. The topological polar surface area (TPSA) is 94.1 Å². The molecule has 2 heterocycles. The van der Waals surface area contributed by atoms with E-state index in [-0.39, 0.29) is 11.7 Å². The molecule has 112 valence electrons. The van der Waals surface area contributed by atoms with Gasteiger partial charge < -0.3 is 9.73 Å². The predicted octanol–water partition coefficient (Wildman–Crippen LogP) is 3.61. The summed E-state index contributed by atoms with van der Waals surface area (Å²) in [6.07, 6.45) is 1.62. The molecule has 0 spiro atoms. The molecule has 0 radical (unpaired) electrons. The Balaban J connectivity index is 1.84. The fourth-order valence-electron chi connectivity index (χ4n) is 2.21. The number of aryl methyl sites for hydroxylation is 1. The van der Waals surface area contributed by atoms with E-state index in [1.807, 2.05) is 26.0 Å². The maximum Gasteiger partial charge on any atom is 0.269 e. The monoisotopic (exact) mass is 298 g/mol. The summed E-state index contributed by atoms with van der Waals surface area (Å²) in [6.45, 7) is 3.74. The van der Waals surface area contributed by atoms with Gasteiger partial charge in [0.25, 0.3) is 5.69 Å². The van der Waals surface area contributed by atoms with Crippen LogP contribution in [0.15, 0.2) is 40.9 Å². The largest absolute Gasteiger partial charge is 0.442 e. The molecule has 0 unspecified atom stereocenters.